The molecule has 2 heterocycles. The molecule has 2 aromatic rings. The molecule has 0 aromatic carbocycles. The third-order valence-electron chi connectivity index (χ3n) is 3.74. The molecule has 8 heteroatoms. The molecule has 0 bridgehead atoms. The van der Waals surface area contributed by atoms with Gasteiger partial charge in [-0.05, 0) is 37.4 Å². The number of rotatable bonds is 4. The molecule has 0 aliphatic heterocycles. The number of carbonyl (C=O) groups is 1. The van der Waals surface area contributed by atoms with E-state index in [0.29, 0.717) is 23.1 Å². The molecule has 1 aliphatic rings. The number of halogens is 2. The predicted octanol–water partition coefficient (Wildman–Crippen LogP) is 3.10. The SMILES string of the molecule is Cl.Cl.NCC1CCCC1NC(=O)c1cnc(-c2ccco2)s1. The first-order chi connectivity index (χ1) is 9.78. The molecule has 5 nitrogen and oxygen atoms in total. The van der Waals surface area contributed by atoms with Gasteiger partial charge in [-0.1, -0.05) is 6.42 Å². The lowest BCUT2D eigenvalue weighted by molar-refractivity contribution is 0.0932. The second kappa shape index (κ2) is 8.53. The number of nitrogens with one attached hydrogen (secondary N) is 1. The number of hydrogen-bond donors (Lipinski definition) is 2. The number of hydrogen-bond acceptors (Lipinski definition) is 5. The quantitative estimate of drug-likeness (QED) is 0.874. The van der Waals surface area contributed by atoms with Gasteiger partial charge in [0.15, 0.2) is 10.8 Å². The Morgan fingerprint density at radius 2 is 2.27 bits per heavy atom. The van der Waals surface area contributed by atoms with Gasteiger partial charge in [0.1, 0.15) is 4.88 Å². The van der Waals surface area contributed by atoms with E-state index in [4.69, 9.17) is 10.2 Å². The molecule has 1 amide bonds. The number of nitrogens with two attached hydrogens (primary N) is 1. The van der Waals surface area contributed by atoms with E-state index in [-0.39, 0.29) is 36.8 Å². The summed E-state index contributed by atoms with van der Waals surface area (Å²) in [5.41, 5.74) is 5.73. The fourth-order valence-corrected chi connectivity index (χ4v) is 3.43. The summed E-state index contributed by atoms with van der Waals surface area (Å²) < 4.78 is 5.28. The van der Waals surface area contributed by atoms with E-state index in [1.807, 2.05) is 6.07 Å². The zero-order valence-electron chi connectivity index (χ0n) is 11.9. The Bertz CT molecular complexity index is 589. The highest BCUT2D eigenvalue weighted by atomic mass is 35.5. The summed E-state index contributed by atoms with van der Waals surface area (Å²) in [6, 6.07) is 3.84. The van der Waals surface area contributed by atoms with Crippen LogP contribution >= 0.6 is 36.2 Å². The molecule has 22 heavy (non-hydrogen) atoms. The second-order valence-electron chi connectivity index (χ2n) is 5.01. The van der Waals surface area contributed by atoms with Crippen molar-refractivity contribution in [3.8, 4) is 10.8 Å². The molecular formula is C14H19Cl2N3O2S. The number of furan rings is 1. The summed E-state index contributed by atoms with van der Waals surface area (Å²) in [7, 11) is 0. The Morgan fingerprint density at radius 1 is 1.45 bits per heavy atom. The van der Waals surface area contributed by atoms with E-state index in [2.05, 4.69) is 10.3 Å². The van der Waals surface area contributed by atoms with Gasteiger partial charge in [0, 0.05) is 6.04 Å². The van der Waals surface area contributed by atoms with Crippen molar-refractivity contribution >= 4 is 42.1 Å². The molecule has 1 saturated carbocycles. The maximum absolute atomic E-state index is 12.2. The van der Waals surface area contributed by atoms with Crippen molar-refractivity contribution in [1.82, 2.24) is 10.3 Å². The Labute approximate surface area is 145 Å². The largest absolute Gasteiger partial charge is 0.462 e. The van der Waals surface area contributed by atoms with Crippen molar-refractivity contribution in [3.05, 3.63) is 29.5 Å². The third kappa shape index (κ3) is 4.01. The van der Waals surface area contributed by atoms with Gasteiger partial charge in [-0.25, -0.2) is 4.98 Å². The minimum atomic E-state index is -0.0642. The lowest BCUT2D eigenvalue weighted by Crippen LogP contribution is -2.39. The minimum Gasteiger partial charge on any atom is -0.462 e. The minimum absolute atomic E-state index is 0. The molecule has 2 aromatic heterocycles. The molecule has 2 atom stereocenters. The normalized spacial score (nSPS) is 20.0. The van der Waals surface area contributed by atoms with Crippen LogP contribution in [0.3, 0.4) is 0 Å². The highest BCUT2D eigenvalue weighted by Crippen LogP contribution is 2.27. The maximum atomic E-state index is 12.2. The smallest absolute Gasteiger partial charge is 0.263 e. The Kier molecular flexibility index (Phi) is 7.35. The van der Waals surface area contributed by atoms with Gasteiger partial charge in [-0.3, -0.25) is 4.79 Å². The highest BCUT2D eigenvalue weighted by Gasteiger charge is 2.28. The van der Waals surface area contributed by atoms with E-state index >= 15 is 0 Å². The first-order valence-corrected chi connectivity index (χ1v) is 7.60. The van der Waals surface area contributed by atoms with E-state index < -0.39 is 0 Å². The molecule has 2 unspecified atom stereocenters. The summed E-state index contributed by atoms with van der Waals surface area (Å²) in [5, 5.41) is 3.80. The average molecular weight is 364 g/mol. The van der Waals surface area contributed by atoms with Crippen LogP contribution in [0.15, 0.2) is 29.0 Å². The van der Waals surface area contributed by atoms with Crippen LogP contribution in [0.5, 0.6) is 0 Å². The molecule has 1 aliphatic carbocycles. The number of amides is 1. The third-order valence-corrected chi connectivity index (χ3v) is 4.75. The summed E-state index contributed by atoms with van der Waals surface area (Å²) in [6.45, 7) is 0.630. The standard InChI is InChI=1S/C14H17N3O2S.2ClH/c15-7-9-3-1-4-10(9)17-13(18)12-8-16-14(20-12)11-5-2-6-19-11;;/h2,5-6,8-10H,1,3-4,7,15H2,(H,17,18);2*1H. The Hall–Kier alpha value is -1.08. The van der Waals surface area contributed by atoms with Crippen LogP contribution in [-0.4, -0.2) is 23.5 Å². The van der Waals surface area contributed by atoms with Crippen molar-refractivity contribution in [2.45, 2.75) is 25.3 Å². The van der Waals surface area contributed by atoms with Crippen LogP contribution in [0, 0.1) is 5.92 Å². The Morgan fingerprint density at radius 3 is 2.95 bits per heavy atom. The van der Waals surface area contributed by atoms with Gasteiger partial charge in [-0.15, -0.1) is 36.2 Å². The van der Waals surface area contributed by atoms with Crippen molar-refractivity contribution in [2.75, 3.05) is 6.54 Å². The lowest BCUT2D eigenvalue weighted by Gasteiger charge is -2.18. The summed E-state index contributed by atoms with van der Waals surface area (Å²) in [5.74, 6) is 1.02. The monoisotopic (exact) mass is 363 g/mol. The van der Waals surface area contributed by atoms with Gasteiger partial charge < -0.3 is 15.5 Å². The van der Waals surface area contributed by atoms with Crippen LogP contribution in [-0.2, 0) is 0 Å². The highest BCUT2D eigenvalue weighted by molar-refractivity contribution is 7.16. The topological polar surface area (TPSA) is 81.1 Å². The maximum Gasteiger partial charge on any atom is 0.263 e. The van der Waals surface area contributed by atoms with Crippen LogP contribution in [0.25, 0.3) is 10.8 Å². The fraction of sp³-hybridized carbons (Fsp3) is 0.429. The number of carbonyl (C=O) groups excluding carboxylic acids is 1. The van der Waals surface area contributed by atoms with Crippen molar-refractivity contribution < 1.29 is 9.21 Å². The number of thiazole rings is 1. The number of aromatic nitrogens is 1. The van der Waals surface area contributed by atoms with Gasteiger partial charge in [0.05, 0.1) is 12.5 Å². The summed E-state index contributed by atoms with van der Waals surface area (Å²) >= 11 is 1.34. The molecule has 3 rings (SSSR count). The first-order valence-electron chi connectivity index (χ1n) is 6.78. The first kappa shape index (κ1) is 19.0. The van der Waals surface area contributed by atoms with Crippen molar-refractivity contribution in [2.24, 2.45) is 11.7 Å². The lowest BCUT2D eigenvalue weighted by atomic mass is 10.0. The van der Waals surface area contributed by atoms with E-state index in [9.17, 15) is 4.79 Å². The van der Waals surface area contributed by atoms with Crippen LogP contribution in [0.4, 0.5) is 0 Å². The van der Waals surface area contributed by atoms with Crippen molar-refractivity contribution in [1.29, 1.82) is 0 Å². The number of nitrogens with zero attached hydrogens (tertiary/aromatic N) is 1. The zero-order chi connectivity index (χ0) is 13.9. The van der Waals surface area contributed by atoms with Gasteiger partial charge in [0.2, 0.25) is 0 Å². The molecule has 0 saturated heterocycles. The molecule has 0 radical (unpaired) electrons. The summed E-state index contributed by atoms with van der Waals surface area (Å²) in [4.78, 5) is 17.1. The van der Waals surface area contributed by atoms with Crippen LogP contribution in [0.2, 0.25) is 0 Å². The molecular weight excluding hydrogens is 345 g/mol. The Balaban J connectivity index is 0.00000121. The van der Waals surface area contributed by atoms with Crippen molar-refractivity contribution in [3.63, 3.8) is 0 Å². The predicted molar refractivity (Wildman–Crippen MR) is 92.0 cm³/mol. The van der Waals surface area contributed by atoms with Crippen LogP contribution in [0.1, 0.15) is 28.9 Å². The molecule has 122 valence electrons. The fourth-order valence-electron chi connectivity index (χ4n) is 2.64. The van der Waals surface area contributed by atoms with Gasteiger partial charge >= 0.3 is 0 Å². The zero-order valence-corrected chi connectivity index (χ0v) is 14.3. The summed E-state index contributed by atoms with van der Waals surface area (Å²) in [6.07, 6.45) is 6.44. The van der Waals surface area contributed by atoms with Gasteiger partial charge in [-0.2, -0.15) is 0 Å². The average Bonchev–Trinajstić information content (AvgIpc) is 3.19. The van der Waals surface area contributed by atoms with E-state index in [1.54, 1.807) is 18.5 Å². The van der Waals surface area contributed by atoms with E-state index in [0.717, 1.165) is 24.3 Å². The second-order valence-corrected chi connectivity index (χ2v) is 6.04. The van der Waals surface area contributed by atoms with Gasteiger partial charge in [0.25, 0.3) is 5.91 Å². The van der Waals surface area contributed by atoms with Crippen LogP contribution < -0.4 is 11.1 Å². The molecule has 0 spiro atoms. The molecule has 1 fully saturated rings. The van der Waals surface area contributed by atoms with E-state index in [1.165, 1.54) is 11.3 Å². The molecule has 3 N–H and O–H groups in total.